The average Bonchev–Trinajstić information content (AvgIpc) is 2.98. The Bertz CT molecular complexity index is 636. The van der Waals surface area contributed by atoms with Crippen molar-refractivity contribution in [3.63, 3.8) is 0 Å². The first-order chi connectivity index (χ1) is 10.6. The molecule has 0 spiro atoms. The van der Waals surface area contributed by atoms with Crippen LogP contribution in [-0.4, -0.2) is 18.4 Å². The molecule has 0 aliphatic carbocycles. The van der Waals surface area contributed by atoms with Crippen molar-refractivity contribution < 1.29 is 9.59 Å². The zero-order valence-corrected chi connectivity index (χ0v) is 13.6. The molecule has 2 rings (SSSR count). The third kappa shape index (κ3) is 4.70. The summed E-state index contributed by atoms with van der Waals surface area (Å²) in [7, 11) is 0. The number of hydrogen-bond acceptors (Lipinski definition) is 3. The normalized spacial score (nSPS) is 10.5. The van der Waals surface area contributed by atoms with Gasteiger partial charge >= 0.3 is 0 Å². The van der Waals surface area contributed by atoms with Gasteiger partial charge in [-0.25, -0.2) is 0 Å². The fourth-order valence-corrected chi connectivity index (χ4v) is 2.82. The summed E-state index contributed by atoms with van der Waals surface area (Å²) in [5.74, 6) is -0.0349. The van der Waals surface area contributed by atoms with Gasteiger partial charge in [0.25, 0.3) is 0 Å². The molecule has 2 N–H and O–H groups in total. The first-order valence-corrected chi connectivity index (χ1v) is 8.12. The summed E-state index contributed by atoms with van der Waals surface area (Å²) >= 11 is 1.53. The third-order valence-corrected chi connectivity index (χ3v) is 4.09. The average molecular weight is 316 g/mol. The number of hydrogen-bond donors (Lipinski definition) is 2. The van der Waals surface area contributed by atoms with E-state index >= 15 is 0 Å². The van der Waals surface area contributed by atoms with E-state index < -0.39 is 0 Å². The topological polar surface area (TPSA) is 58.2 Å². The quantitative estimate of drug-likeness (QED) is 0.860. The molecule has 1 aromatic carbocycles. The minimum Gasteiger partial charge on any atom is -0.347 e. The Morgan fingerprint density at radius 3 is 2.55 bits per heavy atom. The van der Waals surface area contributed by atoms with Crippen LogP contribution in [0.1, 0.15) is 30.2 Å². The van der Waals surface area contributed by atoms with Crippen LogP contribution < -0.4 is 10.6 Å². The van der Waals surface area contributed by atoms with Gasteiger partial charge in [-0.15, -0.1) is 11.3 Å². The highest BCUT2D eigenvalue weighted by Crippen LogP contribution is 2.23. The van der Waals surface area contributed by atoms with E-state index in [2.05, 4.69) is 24.5 Å². The van der Waals surface area contributed by atoms with Gasteiger partial charge in [0.1, 0.15) is 0 Å². The smallest absolute Gasteiger partial charge is 0.243 e. The molecule has 2 amide bonds. The molecule has 0 saturated carbocycles. The Kier molecular flexibility index (Phi) is 5.72. The van der Waals surface area contributed by atoms with Crippen molar-refractivity contribution in [3.05, 3.63) is 52.2 Å². The number of anilines is 1. The zero-order chi connectivity index (χ0) is 15.9. The van der Waals surface area contributed by atoms with Gasteiger partial charge in [0.2, 0.25) is 11.8 Å². The number of amides is 2. The van der Waals surface area contributed by atoms with Crippen molar-refractivity contribution in [2.24, 2.45) is 0 Å². The maximum absolute atomic E-state index is 12.0. The van der Waals surface area contributed by atoms with E-state index in [1.807, 2.05) is 41.8 Å². The van der Waals surface area contributed by atoms with Gasteiger partial charge in [0.05, 0.1) is 13.0 Å². The molecular formula is C17H20N2O2S. The van der Waals surface area contributed by atoms with Gasteiger partial charge in [0, 0.05) is 10.6 Å². The zero-order valence-electron chi connectivity index (χ0n) is 12.8. The highest BCUT2D eigenvalue weighted by atomic mass is 32.1. The van der Waals surface area contributed by atoms with Crippen LogP contribution in [0.3, 0.4) is 0 Å². The van der Waals surface area contributed by atoms with Crippen LogP contribution >= 0.6 is 11.3 Å². The van der Waals surface area contributed by atoms with Gasteiger partial charge in [-0.3, -0.25) is 9.59 Å². The molecule has 5 heteroatoms. The number of nitrogens with one attached hydrogen (secondary N) is 2. The second kappa shape index (κ2) is 7.75. The molecule has 0 aliphatic heterocycles. The monoisotopic (exact) mass is 316 g/mol. The summed E-state index contributed by atoms with van der Waals surface area (Å²) in [6.45, 7) is 4.14. The summed E-state index contributed by atoms with van der Waals surface area (Å²) in [5, 5.41) is 7.43. The molecule has 116 valence electrons. The Hall–Kier alpha value is -2.14. The van der Waals surface area contributed by atoms with Crippen LogP contribution in [0, 0.1) is 0 Å². The predicted molar refractivity (Wildman–Crippen MR) is 90.2 cm³/mol. The molecule has 2 aromatic rings. The first-order valence-electron chi connectivity index (χ1n) is 7.24. The second-order valence-electron chi connectivity index (χ2n) is 5.32. The summed E-state index contributed by atoms with van der Waals surface area (Å²) in [6, 6.07) is 11.5. The van der Waals surface area contributed by atoms with Crippen molar-refractivity contribution in [2.75, 3.05) is 11.9 Å². The maximum atomic E-state index is 12.0. The molecule has 0 atom stereocenters. The lowest BCUT2D eigenvalue weighted by molar-refractivity contribution is -0.123. The highest BCUT2D eigenvalue weighted by Gasteiger charge is 2.10. The lowest BCUT2D eigenvalue weighted by Gasteiger charge is -2.13. The van der Waals surface area contributed by atoms with E-state index in [4.69, 9.17) is 0 Å². The lowest BCUT2D eigenvalue weighted by Crippen LogP contribution is -2.33. The van der Waals surface area contributed by atoms with Crippen LogP contribution in [0.2, 0.25) is 0 Å². The van der Waals surface area contributed by atoms with Crippen molar-refractivity contribution in [3.8, 4) is 0 Å². The first kappa shape index (κ1) is 16.2. The fraction of sp³-hybridized carbons (Fsp3) is 0.294. The third-order valence-electron chi connectivity index (χ3n) is 3.22. The molecule has 0 radical (unpaired) electrons. The van der Waals surface area contributed by atoms with E-state index in [-0.39, 0.29) is 18.4 Å². The number of thiophene rings is 1. The van der Waals surface area contributed by atoms with E-state index in [0.29, 0.717) is 12.3 Å². The predicted octanol–water partition coefficient (Wildman–Crippen LogP) is 3.17. The van der Waals surface area contributed by atoms with Crippen LogP contribution in [0.15, 0.2) is 41.8 Å². The van der Waals surface area contributed by atoms with Gasteiger partial charge in [-0.1, -0.05) is 38.1 Å². The standard InChI is InChI=1S/C17H20N2O2S/c1-12(2)14-7-3-4-8-15(14)19-17(21)11-18-16(20)10-13-6-5-9-22-13/h3-9,12H,10-11H2,1-2H3,(H,18,20)(H,19,21). The van der Waals surface area contributed by atoms with E-state index in [1.54, 1.807) is 0 Å². The molecule has 4 nitrogen and oxygen atoms in total. The Balaban J connectivity index is 1.84. The molecule has 1 aromatic heterocycles. The Morgan fingerprint density at radius 1 is 1.09 bits per heavy atom. The van der Waals surface area contributed by atoms with Crippen LogP contribution in [0.25, 0.3) is 0 Å². The number of rotatable bonds is 6. The van der Waals surface area contributed by atoms with Crippen LogP contribution in [-0.2, 0) is 16.0 Å². The SMILES string of the molecule is CC(C)c1ccccc1NC(=O)CNC(=O)Cc1cccs1. The van der Waals surface area contributed by atoms with E-state index in [0.717, 1.165) is 16.1 Å². The molecule has 0 saturated heterocycles. The van der Waals surface area contributed by atoms with Crippen LogP contribution in [0.4, 0.5) is 5.69 Å². The summed E-state index contributed by atoms with van der Waals surface area (Å²) in [4.78, 5) is 24.7. The van der Waals surface area contributed by atoms with Gasteiger partial charge < -0.3 is 10.6 Å². The van der Waals surface area contributed by atoms with Gasteiger partial charge in [-0.2, -0.15) is 0 Å². The van der Waals surface area contributed by atoms with E-state index in [9.17, 15) is 9.59 Å². The second-order valence-corrected chi connectivity index (χ2v) is 6.36. The molecule has 0 aliphatic rings. The molecule has 22 heavy (non-hydrogen) atoms. The molecule has 0 bridgehead atoms. The summed E-state index contributed by atoms with van der Waals surface area (Å²) in [5.41, 5.74) is 1.88. The number of benzene rings is 1. The molecule has 0 unspecified atom stereocenters. The highest BCUT2D eigenvalue weighted by molar-refractivity contribution is 7.10. The van der Waals surface area contributed by atoms with Crippen molar-refractivity contribution in [1.29, 1.82) is 0 Å². The number of carbonyl (C=O) groups is 2. The summed E-state index contributed by atoms with van der Waals surface area (Å²) < 4.78 is 0. The Morgan fingerprint density at radius 2 is 1.86 bits per heavy atom. The minimum atomic E-state index is -0.215. The largest absolute Gasteiger partial charge is 0.347 e. The van der Waals surface area contributed by atoms with Crippen molar-refractivity contribution in [2.45, 2.75) is 26.2 Å². The van der Waals surface area contributed by atoms with E-state index in [1.165, 1.54) is 11.3 Å². The van der Waals surface area contributed by atoms with Gasteiger partial charge in [0.15, 0.2) is 0 Å². The fourth-order valence-electron chi connectivity index (χ4n) is 2.12. The van der Waals surface area contributed by atoms with Crippen LogP contribution in [0.5, 0.6) is 0 Å². The Labute approximate surface area is 134 Å². The summed E-state index contributed by atoms with van der Waals surface area (Å²) in [6.07, 6.45) is 0.313. The molecular weight excluding hydrogens is 296 g/mol. The lowest BCUT2D eigenvalue weighted by atomic mass is 10.0. The minimum absolute atomic E-state index is 0.0172. The van der Waals surface area contributed by atoms with Gasteiger partial charge in [-0.05, 0) is 29.0 Å². The van der Waals surface area contributed by atoms with Crippen molar-refractivity contribution in [1.82, 2.24) is 5.32 Å². The number of para-hydroxylation sites is 1. The van der Waals surface area contributed by atoms with Crippen molar-refractivity contribution >= 4 is 28.8 Å². The number of carbonyl (C=O) groups excluding carboxylic acids is 2. The molecule has 0 fully saturated rings. The molecule has 1 heterocycles. The maximum Gasteiger partial charge on any atom is 0.243 e.